The molecule has 1 N–H and O–H groups in total. The summed E-state index contributed by atoms with van der Waals surface area (Å²) in [4.78, 5) is 43.3. The first-order valence-corrected chi connectivity index (χ1v) is 12.6. The second-order valence-electron chi connectivity index (χ2n) is 9.75. The highest BCUT2D eigenvalue weighted by Crippen LogP contribution is 2.38. The number of hydrogen-bond acceptors (Lipinski definition) is 4. The highest BCUT2D eigenvalue weighted by atomic mass is 16.2. The molecule has 0 spiro atoms. The predicted octanol–water partition coefficient (Wildman–Crippen LogP) is 4.84. The first-order valence-electron chi connectivity index (χ1n) is 12.6. The normalized spacial score (nSPS) is 18.1. The molecule has 0 saturated carbocycles. The number of rotatable bonds is 5. The van der Waals surface area contributed by atoms with Gasteiger partial charge in [-0.1, -0.05) is 50.2 Å². The molecule has 0 radical (unpaired) electrons. The molecule has 7 nitrogen and oxygen atoms in total. The maximum absolute atomic E-state index is 14.2. The van der Waals surface area contributed by atoms with Crippen LogP contribution in [0, 0.1) is 24.2 Å². The van der Waals surface area contributed by atoms with Crippen LogP contribution in [0.25, 0.3) is 10.8 Å². The van der Waals surface area contributed by atoms with E-state index in [0.717, 1.165) is 21.9 Å². The minimum atomic E-state index is -0.960. The summed E-state index contributed by atoms with van der Waals surface area (Å²) in [7, 11) is 0. The van der Waals surface area contributed by atoms with Crippen LogP contribution in [0.5, 0.6) is 0 Å². The van der Waals surface area contributed by atoms with Gasteiger partial charge in [0.2, 0.25) is 11.8 Å². The zero-order chi connectivity index (χ0) is 26.9. The quantitative estimate of drug-likeness (QED) is 0.547. The van der Waals surface area contributed by atoms with Crippen molar-refractivity contribution < 1.29 is 14.4 Å². The van der Waals surface area contributed by atoms with Crippen LogP contribution < -0.4 is 15.1 Å². The first-order chi connectivity index (χ1) is 17.7. The van der Waals surface area contributed by atoms with E-state index in [9.17, 15) is 19.6 Å². The van der Waals surface area contributed by atoms with E-state index in [4.69, 9.17) is 0 Å². The fourth-order valence-electron chi connectivity index (χ4n) is 4.97. The molecule has 1 heterocycles. The molecule has 3 aromatic carbocycles. The second-order valence-corrected chi connectivity index (χ2v) is 9.75. The molecule has 1 aliphatic heterocycles. The molecule has 3 amide bonds. The maximum atomic E-state index is 14.2. The van der Waals surface area contributed by atoms with E-state index in [2.05, 4.69) is 17.5 Å². The van der Waals surface area contributed by atoms with Crippen molar-refractivity contribution in [2.24, 2.45) is 5.92 Å². The number of anilines is 2. The molecule has 3 atom stereocenters. The van der Waals surface area contributed by atoms with Gasteiger partial charge >= 0.3 is 0 Å². The highest BCUT2D eigenvalue weighted by molar-refractivity contribution is 6.09. The van der Waals surface area contributed by atoms with Crippen molar-refractivity contribution in [3.63, 3.8) is 0 Å². The van der Waals surface area contributed by atoms with Crippen molar-refractivity contribution in [3.05, 3.63) is 71.3 Å². The van der Waals surface area contributed by atoms with Crippen molar-refractivity contribution in [3.8, 4) is 6.07 Å². The summed E-state index contributed by atoms with van der Waals surface area (Å²) < 4.78 is 0. The highest BCUT2D eigenvalue weighted by Gasteiger charge is 2.41. The number of carbonyl (C=O) groups excluding carboxylic acids is 3. The van der Waals surface area contributed by atoms with Crippen molar-refractivity contribution in [2.45, 2.75) is 59.7 Å². The van der Waals surface area contributed by atoms with Crippen LogP contribution in [0.3, 0.4) is 0 Å². The first kappa shape index (κ1) is 25.9. The van der Waals surface area contributed by atoms with Crippen LogP contribution in [-0.4, -0.2) is 29.8 Å². The number of aryl methyl sites for hydroxylation is 1. The Morgan fingerprint density at radius 3 is 2.51 bits per heavy atom. The number of fused-ring (bicyclic) bond motifs is 2. The summed E-state index contributed by atoms with van der Waals surface area (Å²) in [6.07, 6.45) is 0.627. The molecular formula is C30H32N4O3. The Morgan fingerprint density at radius 1 is 1.11 bits per heavy atom. The summed E-state index contributed by atoms with van der Waals surface area (Å²) in [6.45, 7) is 9.18. The smallest absolute Gasteiger partial charge is 0.252 e. The van der Waals surface area contributed by atoms with E-state index in [1.165, 1.54) is 11.8 Å². The lowest BCUT2D eigenvalue weighted by atomic mass is 9.98. The minimum Gasteiger partial charge on any atom is -0.342 e. The number of amides is 3. The molecule has 0 aliphatic carbocycles. The fourth-order valence-corrected chi connectivity index (χ4v) is 4.97. The van der Waals surface area contributed by atoms with Gasteiger partial charge in [-0.2, -0.15) is 5.26 Å². The lowest BCUT2D eigenvalue weighted by molar-refractivity contribution is -0.130. The van der Waals surface area contributed by atoms with E-state index in [0.29, 0.717) is 23.4 Å². The molecular weight excluding hydrogens is 464 g/mol. The molecule has 4 rings (SSSR count). The number of hydrogen-bond donors (Lipinski definition) is 1. The average molecular weight is 497 g/mol. The van der Waals surface area contributed by atoms with E-state index in [1.54, 1.807) is 30.0 Å². The van der Waals surface area contributed by atoms with Crippen LogP contribution in [-0.2, 0) is 20.9 Å². The summed E-state index contributed by atoms with van der Waals surface area (Å²) in [5, 5.41) is 14.6. The lowest BCUT2D eigenvalue weighted by Crippen LogP contribution is -2.58. The monoisotopic (exact) mass is 496 g/mol. The van der Waals surface area contributed by atoms with Crippen LogP contribution in [0.15, 0.2) is 54.6 Å². The summed E-state index contributed by atoms with van der Waals surface area (Å²) >= 11 is 0. The zero-order valence-electron chi connectivity index (χ0n) is 21.9. The Kier molecular flexibility index (Phi) is 7.30. The summed E-state index contributed by atoms with van der Waals surface area (Å²) in [5.74, 6) is -1.09. The van der Waals surface area contributed by atoms with Gasteiger partial charge in [0, 0.05) is 12.8 Å². The van der Waals surface area contributed by atoms with Gasteiger partial charge in [0.25, 0.3) is 5.91 Å². The van der Waals surface area contributed by atoms with E-state index >= 15 is 0 Å². The van der Waals surface area contributed by atoms with Crippen LogP contribution >= 0.6 is 0 Å². The Morgan fingerprint density at radius 2 is 1.84 bits per heavy atom. The van der Waals surface area contributed by atoms with Crippen LogP contribution in [0.1, 0.15) is 50.8 Å². The Balaban J connectivity index is 1.92. The van der Waals surface area contributed by atoms with E-state index < -0.39 is 12.1 Å². The number of carbonyl (C=O) groups is 3. The number of nitriles is 1. The van der Waals surface area contributed by atoms with Crippen molar-refractivity contribution in [2.75, 3.05) is 9.80 Å². The number of nitrogens with one attached hydrogen (secondary N) is 1. The molecule has 190 valence electrons. The standard InChI is InChI=1S/C30H32N4O3/c1-6-18(2)29(36)32-28-20(4)34(21(5)35)27-15-22(16-31)12-14-26(27)33(30(28)37)17-25-19(3)11-13-23-9-7-8-10-24(23)25/h7-15,18,20,28H,6,17H2,1-5H3,(H,32,36)/t18-,20+,28+/m1/s1. The molecule has 0 saturated heterocycles. The van der Waals surface area contributed by atoms with Gasteiger partial charge < -0.3 is 15.1 Å². The molecule has 37 heavy (non-hydrogen) atoms. The molecule has 0 bridgehead atoms. The lowest BCUT2D eigenvalue weighted by Gasteiger charge is -2.32. The molecule has 1 aliphatic rings. The maximum Gasteiger partial charge on any atom is 0.252 e. The fraction of sp³-hybridized carbons (Fsp3) is 0.333. The van der Waals surface area contributed by atoms with Gasteiger partial charge in [0.1, 0.15) is 6.04 Å². The van der Waals surface area contributed by atoms with Gasteiger partial charge in [-0.25, -0.2) is 0 Å². The van der Waals surface area contributed by atoms with E-state index in [-0.39, 0.29) is 30.2 Å². The number of benzene rings is 3. The molecule has 0 fully saturated rings. The van der Waals surface area contributed by atoms with Gasteiger partial charge in [-0.3, -0.25) is 14.4 Å². The number of nitrogens with zero attached hydrogens (tertiary/aromatic N) is 3. The third-order valence-corrected chi connectivity index (χ3v) is 7.36. The Hall–Kier alpha value is -4.18. The molecule has 7 heteroatoms. The third-order valence-electron chi connectivity index (χ3n) is 7.36. The van der Waals surface area contributed by atoms with Gasteiger partial charge in [0.05, 0.1) is 35.6 Å². The Bertz CT molecular complexity index is 1420. The van der Waals surface area contributed by atoms with Crippen molar-refractivity contribution in [1.82, 2.24) is 5.32 Å². The van der Waals surface area contributed by atoms with Crippen LogP contribution in [0.4, 0.5) is 11.4 Å². The Labute approximate surface area is 217 Å². The van der Waals surface area contributed by atoms with Gasteiger partial charge in [-0.05, 0) is 60.4 Å². The van der Waals surface area contributed by atoms with Crippen molar-refractivity contribution in [1.29, 1.82) is 5.26 Å². The van der Waals surface area contributed by atoms with E-state index in [1.807, 2.05) is 51.1 Å². The SMILES string of the molecule is CC[C@@H](C)C(=O)N[C@@H]1C(=O)N(Cc2c(C)ccc3ccccc23)c2ccc(C#N)cc2N(C(C)=O)[C@H]1C. The predicted molar refractivity (Wildman–Crippen MR) is 145 cm³/mol. The molecule has 3 aromatic rings. The topological polar surface area (TPSA) is 93.5 Å². The molecule has 0 unspecified atom stereocenters. The minimum absolute atomic E-state index is 0.235. The van der Waals surface area contributed by atoms with Crippen molar-refractivity contribution >= 4 is 39.9 Å². The largest absolute Gasteiger partial charge is 0.342 e. The average Bonchev–Trinajstić information content (AvgIpc) is 2.97. The zero-order valence-corrected chi connectivity index (χ0v) is 21.9. The van der Waals surface area contributed by atoms with Gasteiger partial charge in [-0.15, -0.1) is 0 Å². The second kappa shape index (κ2) is 10.4. The summed E-state index contributed by atoms with van der Waals surface area (Å²) in [6, 6.07) is 17.6. The third kappa shape index (κ3) is 4.79. The summed E-state index contributed by atoms with van der Waals surface area (Å²) in [5.41, 5.74) is 3.40. The molecule has 0 aromatic heterocycles. The van der Waals surface area contributed by atoms with Crippen LogP contribution in [0.2, 0.25) is 0 Å². The van der Waals surface area contributed by atoms with Gasteiger partial charge in [0.15, 0.2) is 0 Å².